The molecule has 1 aliphatic heterocycles. The summed E-state index contributed by atoms with van der Waals surface area (Å²) in [6, 6.07) is 13.2. The van der Waals surface area contributed by atoms with E-state index in [0.29, 0.717) is 23.7 Å². The molecule has 1 fully saturated rings. The van der Waals surface area contributed by atoms with Crippen LogP contribution >= 0.6 is 11.6 Å². The first kappa shape index (κ1) is 18.9. The highest BCUT2D eigenvalue weighted by molar-refractivity contribution is 7.89. The van der Waals surface area contributed by atoms with E-state index in [1.54, 1.807) is 24.3 Å². The number of amides is 1. The maximum absolute atomic E-state index is 12.5. The molecule has 0 aliphatic carbocycles. The average molecular weight is 393 g/mol. The van der Waals surface area contributed by atoms with Crippen LogP contribution in [0.3, 0.4) is 0 Å². The molecule has 2 aromatic rings. The van der Waals surface area contributed by atoms with Gasteiger partial charge in [0.2, 0.25) is 10.0 Å². The van der Waals surface area contributed by atoms with E-state index >= 15 is 0 Å². The Bertz CT molecular complexity index is 891. The average Bonchev–Trinajstić information content (AvgIpc) is 3.17. The van der Waals surface area contributed by atoms with Gasteiger partial charge >= 0.3 is 0 Å². The van der Waals surface area contributed by atoms with Crippen LogP contribution in [0, 0.1) is 0 Å². The smallest absolute Gasteiger partial charge is 0.251 e. The van der Waals surface area contributed by atoms with Gasteiger partial charge in [0.1, 0.15) is 0 Å². The monoisotopic (exact) mass is 392 g/mol. The summed E-state index contributed by atoms with van der Waals surface area (Å²) >= 11 is 5.98. The van der Waals surface area contributed by atoms with Crippen LogP contribution in [-0.4, -0.2) is 31.7 Å². The lowest BCUT2D eigenvalue weighted by Gasteiger charge is -2.16. The van der Waals surface area contributed by atoms with Crippen LogP contribution < -0.4 is 5.32 Å². The summed E-state index contributed by atoms with van der Waals surface area (Å²) in [4.78, 5) is 12.6. The minimum Gasteiger partial charge on any atom is -0.346 e. The molecule has 0 spiro atoms. The molecule has 1 aliphatic rings. The molecule has 1 atom stereocenters. The molecule has 1 amide bonds. The molecule has 0 radical (unpaired) electrons. The lowest BCUT2D eigenvalue weighted by atomic mass is 10.1. The standard InChI is InChI=1S/C19H21ClN2O3S/c1-14(16-5-4-6-17(20)13-16)21-19(23)15-7-9-18(10-8-15)26(24,25)22-11-2-3-12-22/h4-10,13-14H,2-3,11-12H2,1H3,(H,21,23)/t14-/m0/s1. The van der Waals surface area contributed by atoms with Gasteiger partial charge in [0.05, 0.1) is 10.9 Å². The lowest BCUT2D eigenvalue weighted by molar-refractivity contribution is 0.0940. The fourth-order valence-electron chi connectivity index (χ4n) is 3.00. The SMILES string of the molecule is C[C@H](NC(=O)c1ccc(S(=O)(=O)N2CCCC2)cc1)c1cccc(Cl)c1. The van der Waals surface area contributed by atoms with Crippen molar-refractivity contribution in [3.05, 3.63) is 64.7 Å². The number of hydrogen-bond donors (Lipinski definition) is 1. The largest absolute Gasteiger partial charge is 0.346 e. The lowest BCUT2D eigenvalue weighted by Crippen LogP contribution is -2.28. The van der Waals surface area contributed by atoms with Crippen molar-refractivity contribution in [2.45, 2.75) is 30.7 Å². The fourth-order valence-corrected chi connectivity index (χ4v) is 4.71. The second-order valence-electron chi connectivity index (χ2n) is 6.39. The Morgan fingerprint density at radius 3 is 2.38 bits per heavy atom. The summed E-state index contributed by atoms with van der Waals surface area (Å²) in [7, 11) is -3.47. The zero-order valence-corrected chi connectivity index (χ0v) is 16.1. The van der Waals surface area contributed by atoms with Crippen LogP contribution in [0.2, 0.25) is 5.02 Å². The third kappa shape index (κ3) is 4.09. The minimum atomic E-state index is -3.47. The molecule has 1 saturated heterocycles. The number of halogens is 1. The molecule has 3 rings (SSSR count). The molecule has 7 heteroatoms. The van der Waals surface area contributed by atoms with Crippen molar-refractivity contribution in [2.75, 3.05) is 13.1 Å². The van der Waals surface area contributed by atoms with Crippen molar-refractivity contribution in [2.24, 2.45) is 0 Å². The Morgan fingerprint density at radius 1 is 1.12 bits per heavy atom. The predicted molar refractivity (Wildman–Crippen MR) is 102 cm³/mol. The van der Waals surface area contributed by atoms with Gasteiger partial charge in [-0.25, -0.2) is 8.42 Å². The number of hydrogen-bond acceptors (Lipinski definition) is 3. The zero-order valence-electron chi connectivity index (χ0n) is 14.5. The topological polar surface area (TPSA) is 66.5 Å². The normalized spacial score (nSPS) is 16.4. The van der Waals surface area contributed by atoms with Crippen LogP contribution in [0.1, 0.15) is 41.7 Å². The van der Waals surface area contributed by atoms with Gasteiger partial charge in [0.25, 0.3) is 5.91 Å². The van der Waals surface area contributed by atoms with Gasteiger partial charge in [0, 0.05) is 23.7 Å². The summed E-state index contributed by atoms with van der Waals surface area (Å²) in [6.07, 6.45) is 1.78. The second kappa shape index (κ2) is 7.78. The van der Waals surface area contributed by atoms with Gasteiger partial charge in [-0.1, -0.05) is 23.7 Å². The van der Waals surface area contributed by atoms with E-state index in [9.17, 15) is 13.2 Å². The van der Waals surface area contributed by atoms with E-state index in [1.807, 2.05) is 19.1 Å². The van der Waals surface area contributed by atoms with Crippen LogP contribution in [0.4, 0.5) is 0 Å². The Labute approximate surface area is 159 Å². The highest BCUT2D eigenvalue weighted by atomic mass is 35.5. The molecule has 0 saturated carbocycles. The highest BCUT2D eigenvalue weighted by Crippen LogP contribution is 2.22. The molecular weight excluding hydrogens is 372 g/mol. The van der Waals surface area contributed by atoms with E-state index in [0.717, 1.165) is 18.4 Å². The first-order valence-corrected chi connectivity index (χ1v) is 10.4. The third-order valence-electron chi connectivity index (χ3n) is 4.52. The molecule has 1 N–H and O–H groups in total. The summed E-state index contributed by atoms with van der Waals surface area (Å²) < 4.78 is 26.5. The zero-order chi connectivity index (χ0) is 18.7. The first-order valence-electron chi connectivity index (χ1n) is 8.54. The van der Waals surface area contributed by atoms with Crippen LogP contribution in [0.15, 0.2) is 53.4 Å². The van der Waals surface area contributed by atoms with Crippen molar-refractivity contribution >= 4 is 27.5 Å². The number of rotatable bonds is 5. The molecule has 0 aromatic heterocycles. The van der Waals surface area contributed by atoms with Gasteiger partial charge in [-0.05, 0) is 61.7 Å². The van der Waals surface area contributed by atoms with Gasteiger partial charge in [-0.3, -0.25) is 4.79 Å². The van der Waals surface area contributed by atoms with Crippen LogP contribution in [-0.2, 0) is 10.0 Å². The first-order chi connectivity index (χ1) is 12.4. The van der Waals surface area contributed by atoms with E-state index in [2.05, 4.69) is 5.32 Å². The minimum absolute atomic E-state index is 0.214. The Balaban J connectivity index is 1.71. The van der Waals surface area contributed by atoms with Crippen molar-refractivity contribution in [3.63, 3.8) is 0 Å². The quantitative estimate of drug-likeness (QED) is 0.845. The van der Waals surface area contributed by atoms with E-state index < -0.39 is 10.0 Å². The van der Waals surface area contributed by atoms with E-state index in [-0.39, 0.29) is 16.8 Å². The number of carbonyl (C=O) groups excluding carboxylic acids is 1. The molecule has 138 valence electrons. The van der Waals surface area contributed by atoms with Gasteiger partial charge in [-0.2, -0.15) is 4.31 Å². The maximum Gasteiger partial charge on any atom is 0.251 e. The number of nitrogens with zero attached hydrogens (tertiary/aromatic N) is 1. The van der Waals surface area contributed by atoms with Gasteiger partial charge in [-0.15, -0.1) is 0 Å². The van der Waals surface area contributed by atoms with Crippen LogP contribution in [0.5, 0.6) is 0 Å². The van der Waals surface area contributed by atoms with E-state index in [4.69, 9.17) is 11.6 Å². The van der Waals surface area contributed by atoms with Gasteiger partial charge < -0.3 is 5.32 Å². The Morgan fingerprint density at radius 2 is 1.77 bits per heavy atom. The molecule has 26 heavy (non-hydrogen) atoms. The number of nitrogens with one attached hydrogen (secondary N) is 1. The second-order valence-corrected chi connectivity index (χ2v) is 8.76. The van der Waals surface area contributed by atoms with Crippen molar-refractivity contribution in [1.82, 2.24) is 9.62 Å². The van der Waals surface area contributed by atoms with Crippen molar-refractivity contribution in [3.8, 4) is 0 Å². The summed E-state index contributed by atoms with van der Waals surface area (Å²) in [6.45, 7) is 2.99. The fraction of sp³-hybridized carbons (Fsp3) is 0.316. The van der Waals surface area contributed by atoms with Crippen molar-refractivity contribution < 1.29 is 13.2 Å². The Hall–Kier alpha value is -1.89. The number of benzene rings is 2. The predicted octanol–water partition coefficient (Wildman–Crippen LogP) is 3.62. The summed E-state index contributed by atoms with van der Waals surface area (Å²) in [5.41, 5.74) is 1.32. The highest BCUT2D eigenvalue weighted by Gasteiger charge is 2.27. The maximum atomic E-state index is 12.5. The van der Waals surface area contributed by atoms with Gasteiger partial charge in [0.15, 0.2) is 0 Å². The summed E-state index contributed by atoms with van der Waals surface area (Å²) in [5.74, 6) is -0.261. The molecule has 1 heterocycles. The Kier molecular flexibility index (Phi) is 5.65. The van der Waals surface area contributed by atoms with Crippen molar-refractivity contribution in [1.29, 1.82) is 0 Å². The number of carbonyl (C=O) groups is 1. The molecule has 0 unspecified atom stereocenters. The molecule has 2 aromatic carbocycles. The number of sulfonamides is 1. The van der Waals surface area contributed by atoms with Crippen LogP contribution in [0.25, 0.3) is 0 Å². The third-order valence-corrected chi connectivity index (χ3v) is 6.66. The summed E-state index contributed by atoms with van der Waals surface area (Å²) in [5, 5.41) is 3.51. The van der Waals surface area contributed by atoms with E-state index in [1.165, 1.54) is 16.4 Å². The molecule has 5 nitrogen and oxygen atoms in total. The molecule has 0 bridgehead atoms. The molecular formula is C19H21ClN2O3S.